The first-order chi connectivity index (χ1) is 3.81. The maximum atomic E-state index is 10.3. The van der Waals surface area contributed by atoms with E-state index in [2.05, 4.69) is 17.1 Å². The molecule has 3 nitrogen and oxygen atoms in total. The van der Waals surface area contributed by atoms with Crippen molar-refractivity contribution in [2.45, 2.75) is 6.92 Å². The third-order valence-electron chi connectivity index (χ3n) is 0.575. The highest BCUT2D eigenvalue weighted by atomic mass is 16.5. The molecule has 0 amide bonds. The molecule has 0 fully saturated rings. The molecule has 0 aliphatic heterocycles. The highest BCUT2D eigenvalue weighted by Gasteiger charge is 1.94. The fourth-order valence-electron chi connectivity index (χ4n) is 0.314. The van der Waals surface area contributed by atoms with Crippen molar-refractivity contribution >= 4 is 5.97 Å². The molecule has 0 saturated heterocycles. The van der Waals surface area contributed by atoms with Gasteiger partial charge in [-0.15, -0.1) is 0 Å². The highest BCUT2D eigenvalue weighted by molar-refractivity contribution is 5.71. The molecule has 0 aromatic rings. The minimum atomic E-state index is -0.262. The molecule has 0 aliphatic carbocycles. The maximum Gasteiger partial charge on any atom is 0.319 e. The van der Waals surface area contributed by atoms with Gasteiger partial charge in [-0.05, 0) is 6.92 Å². The van der Waals surface area contributed by atoms with Gasteiger partial charge < -0.3 is 10.1 Å². The van der Waals surface area contributed by atoms with Crippen LogP contribution in [0.4, 0.5) is 0 Å². The van der Waals surface area contributed by atoms with Crippen LogP contribution >= 0.6 is 0 Å². The van der Waals surface area contributed by atoms with Gasteiger partial charge in [-0.1, -0.05) is 0 Å². The zero-order chi connectivity index (χ0) is 6.41. The Balaban J connectivity index is 3.06. The standard InChI is InChI=1S/C5H10NO2/c1-3-8-5(7)4-6-2/h6H,2-4H2,1H3. The number of carbonyl (C=O) groups is 1. The Labute approximate surface area is 49.0 Å². The lowest BCUT2D eigenvalue weighted by molar-refractivity contribution is -0.141. The quantitative estimate of drug-likeness (QED) is 0.524. The summed E-state index contributed by atoms with van der Waals surface area (Å²) in [6, 6.07) is 0. The lowest BCUT2D eigenvalue weighted by Crippen LogP contribution is -2.19. The molecular formula is C5H10NO2. The van der Waals surface area contributed by atoms with Crippen LogP contribution in [0.15, 0.2) is 0 Å². The van der Waals surface area contributed by atoms with E-state index < -0.39 is 0 Å². The Morgan fingerprint density at radius 1 is 1.88 bits per heavy atom. The van der Waals surface area contributed by atoms with Gasteiger partial charge in [0.2, 0.25) is 0 Å². The van der Waals surface area contributed by atoms with Crippen LogP contribution in [0.25, 0.3) is 0 Å². The number of carbonyl (C=O) groups excluding carboxylic acids is 1. The average molecular weight is 116 g/mol. The fraction of sp³-hybridized carbons (Fsp3) is 0.600. The van der Waals surface area contributed by atoms with E-state index in [1.165, 1.54) is 0 Å². The molecule has 0 aromatic carbocycles. The summed E-state index contributed by atoms with van der Waals surface area (Å²) in [6.07, 6.45) is 0. The van der Waals surface area contributed by atoms with Gasteiger partial charge in [0.15, 0.2) is 0 Å². The monoisotopic (exact) mass is 116 g/mol. The largest absolute Gasteiger partial charge is 0.465 e. The van der Waals surface area contributed by atoms with E-state index in [0.717, 1.165) is 0 Å². The van der Waals surface area contributed by atoms with E-state index >= 15 is 0 Å². The molecule has 1 N–H and O–H groups in total. The summed E-state index contributed by atoms with van der Waals surface area (Å²) < 4.78 is 4.54. The summed E-state index contributed by atoms with van der Waals surface area (Å²) in [4.78, 5) is 10.3. The Hall–Kier alpha value is -0.570. The Bertz CT molecular complexity index is 64.8. The molecule has 0 heterocycles. The molecule has 47 valence electrons. The molecule has 0 spiro atoms. The Morgan fingerprint density at radius 2 is 2.50 bits per heavy atom. The summed E-state index contributed by atoms with van der Waals surface area (Å²) in [5, 5.41) is 2.43. The zero-order valence-corrected chi connectivity index (χ0v) is 4.94. The van der Waals surface area contributed by atoms with Crippen LogP contribution in [0, 0.1) is 7.05 Å². The zero-order valence-electron chi connectivity index (χ0n) is 4.94. The van der Waals surface area contributed by atoms with Crippen molar-refractivity contribution in [3.05, 3.63) is 7.05 Å². The first kappa shape index (κ1) is 7.43. The van der Waals surface area contributed by atoms with E-state index in [9.17, 15) is 4.79 Å². The lowest BCUT2D eigenvalue weighted by atomic mass is 10.6. The van der Waals surface area contributed by atoms with Crippen LogP contribution in [-0.2, 0) is 9.53 Å². The van der Waals surface area contributed by atoms with Crippen LogP contribution in [0.1, 0.15) is 6.92 Å². The average Bonchev–Trinajstić information content (AvgIpc) is 1.68. The van der Waals surface area contributed by atoms with Crippen LogP contribution in [0.3, 0.4) is 0 Å². The number of nitrogens with one attached hydrogen (secondary N) is 1. The van der Waals surface area contributed by atoms with Crippen LogP contribution in [-0.4, -0.2) is 19.1 Å². The van der Waals surface area contributed by atoms with E-state index in [-0.39, 0.29) is 12.5 Å². The summed E-state index contributed by atoms with van der Waals surface area (Å²) in [5.74, 6) is -0.262. The molecular weight excluding hydrogens is 106 g/mol. The Morgan fingerprint density at radius 3 is 2.88 bits per heavy atom. The molecule has 0 rings (SSSR count). The van der Waals surface area contributed by atoms with Crippen molar-refractivity contribution in [1.29, 1.82) is 0 Å². The molecule has 0 aromatic heterocycles. The van der Waals surface area contributed by atoms with Gasteiger partial charge in [-0.2, -0.15) is 0 Å². The van der Waals surface area contributed by atoms with Gasteiger partial charge in [0.25, 0.3) is 0 Å². The molecule has 8 heavy (non-hydrogen) atoms. The molecule has 1 radical (unpaired) electrons. The minimum absolute atomic E-state index is 0.188. The summed E-state index contributed by atoms with van der Waals surface area (Å²) in [7, 11) is 3.26. The van der Waals surface area contributed by atoms with E-state index in [0.29, 0.717) is 6.61 Å². The fourth-order valence-corrected chi connectivity index (χ4v) is 0.314. The summed E-state index contributed by atoms with van der Waals surface area (Å²) in [6.45, 7) is 2.38. The second-order valence-corrected chi connectivity index (χ2v) is 1.23. The smallest absolute Gasteiger partial charge is 0.319 e. The predicted molar refractivity (Wildman–Crippen MR) is 30.0 cm³/mol. The van der Waals surface area contributed by atoms with Gasteiger partial charge in [0.1, 0.15) is 0 Å². The third-order valence-corrected chi connectivity index (χ3v) is 0.575. The van der Waals surface area contributed by atoms with E-state index in [4.69, 9.17) is 0 Å². The molecule has 0 bridgehead atoms. The minimum Gasteiger partial charge on any atom is -0.465 e. The first-order valence-corrected chi connectivity index (χ1v) is 2.46. The van der Waals surface area contributed by atoms with Gasteiger partial charge in [-0.25, -0.2) is 0 Å². The second-order valence-electron chi connectivity index (χ2n) is 1.23. The third kappa shape index (κ3) is 3.61. The van der Waals surface area contributed by atoms with Gasteiger partial charge in [0.05, 0.1) is 13.2 Å². The number of hydrogen-bond donors (Lipinski definition) is 1. The van der Waals surface area contributed by atoms with E-state index in [1.54, 1.807) is 6.92 Å². The molecule has 0 aliphatic rings. The highest BCUT2D eigenvalue weighted by Crippen LogP contribution is 1.72. The van der Waals surface area contributed by atoms with Crippen molar-refractivity contribution in [2.75, 3.05) is 13.2 Å². The maximum absolute atomic E-state index is 10.3. The van der Waals surface area contributed by atoms with E-state index in [1.807, 2.05) is 0 Å². The predicted octanol–water partition coefficient (Wildman–Crippen LogP) is -0.0693. The summed E-state index contributed by atoms with van der Waals surface area (Å²) in [5.41, 5.74) is 0. The molecule has 0 saturated carbocycles. The normalized spacial score (nSPS) is 8.75. The SMILES string of the molecule is [CH2]NCC(=O)OCC. The summed E-state index contributed by atoms with van der Waals surface area (Å²) >= 11 is 0. The van der Waals surface area contributed by atoms with Crippen molar-refractivity contribution in [3.8, 4) is 0 Å². The van der Waals surface area contributed by atoms with Crippen molar-refractivity contribution in [2.24, 2.45) is 0 Å². The number of rotatable bonds is 3. The van der Waals surface area contributed by atoms with Crippen LogP contribution in [0.2, 0.25) is 0 Å². The molecule has 0 atom stereocenters. The lowest BCUT2D eigenvalue weighted by Gasteiger charge is -1.97. The number of hydrogen-bond acceptors (Lipinski definition) is 3. The van der Waals surface area contributed by atoms with Crippen LogP contribution in [0.5, 0.6) is 0 Å². The van der Waals surface area contributed by atoms with Crippen molar-refractivity contribution < 1.29 is 9.53 Å². The van der Waals surface area contributed by atoms with Gasteiger partial charge in [-0.3, -0.25) is 4.79 Å². The van der Waals surface area contributed by atoms with Crippen LogP contribution < -0.4 is 5.32 Å². The Kier molecular flexibility index (Phi) is 4.26. The number of ether oxygens (including phenoxy) is 1. The van der Waals surface area contributed by atoms with Gasteiger partial charge in [0, 0.05) is 7.05 Å². The molecule has 3 heteroatoms. The second kappa shape index (κ2) is 4.59. The number of esters is 1. The van der Waals surface area contributed by atoms with Crippen molar-refractivity contribution in [1.82, 2.24) is 5.32 Å². The van der Waals surface area contributed by atoms with Crippen molar-refractivity contribution in [3.63, 3.8) is 0 Å². The van der Waals surface area contributed by atoms with Gasteiger partial charge >= 0.3 is 5.97 Å². The first-order valence-electron chi connectivity index (χ1n) is 2.46. The molecule has 0 unspecified atom stereocenters. The topological polar surface area (TPSA) is 38.3 Å².